The van der Waals surface area contributed by atoms with Crippen molar-refractivity contribution < 1.29 is 18.0 Å². The largest absolute Gasteiger partial charge is 0.417 e. The summed E-state index contributed by atoms with van der Waals surface area (Å²) in [5.74, 6) is -0.352. The number of alkyl halides is 3. The minimum Gasteiger partial charge on any atom is -0.339 e. The highest BCUT2D eigenvalue weighted by atomic mass is 79.9. The molecule has 2 rings (SSSR count). The van der Waals surface area contributed by atoms with Crippen molar-refractivity contribution in [2.75, 3.05) is 7.05 Å². The monoisotopic (exact) mass is 349 g/mol. The summed E-state index contributed by atoms with van der Waals surface area (Å²) in [4.78, 5) is 13.8. The number of amides is 1. The first-order valence-electron chi connectivity index (χ1n) is 6.44. The van der Waals surface area contributed by atoms with E-state index >= 15 is 0 Å². The molecule has 1 aromatic carbocycles. The Kier molecular flexibility index (Phi) is 4.42. The molecule has 0 spiro atoms. The number of hydrogen-bond acceptors (Lipinski definition) is 1. The van der Waals surface area contributed by atoms with E-state index in [-0.39, 0.29) is 22.0 Å². The van der Waals surface area contributed by atoms with Gasteiger partial charge in [0.1, 0.15) is 0 Å². The summed E-state index contributed by atoms with van der Waals surface area (Å²) in [7, 11) is 1.66. The summed E-state index contributed by atoms with van der Waals surface area (Å²) in [6.45, 7) is 0. The molecule has 2 nitrogen and oxygen atoms in total. The van der Waals surface area contributed by atoms with Crippen LogP contribution in [-0.2, 0) is 6.18 Å². The molecule has 0 N–H and O–H groups in total. The molecule has 0 saturated heterocycles. The average Bonchev–Trinajstić information content (AvgIpc) is 2.90. The van der Waals surface area contributed by atoms with Crippen LogP contribution in [-0.4, -0.2) is 23.9 Å². The first kappa shape index (κ1) is 15.4. The highest BCUT2D eigenvalue weighted by Crippen LogP contribution is 2.35. The van der Waals surface area contributed by atoms with Crippen LogP contribution in [0.2, 0.25) is 0 Å². The van der Waals surface area contributed by atoms with Crippen molar-refractivity contribution in [3.05, 3.63) is 33.8 Å². The molecule has 0 atom stereocenters. The molecule has 0 aliphatic heterocycles. The van der Waals surface area contributed by atoms with Gasteiger partial charge in [0, 0.05) is 23.1 Å². The van der Waals surface area contributed by atoms with Crippen LogP contribution in [0.25, 0.3) is 0 Å². The molecule has 6 heteroatoms. The maximum atomic E-state index is 12.8. The molecular formula is C14H15BrF3NO. The Balaban J connectivity index is 2.26. The van der Waals surface area contributed by atoms with Crippen LogP contribution in [0.4, 0.5) is 13.2 Å². The summed E-state index contributed by atoms with van der Waals surface area (Å²) in [6, 6.07) is 3.75. The zero-order valence-electron chi connectivity index (χ0n) is 11.0. The fourth-order valence-electron chi connectivity index (χ4n) is 2.54. The Hall–Kier alpha value is -1.04. The van der Waals surface area contributed by atoms with E-state index in [2.05, 4.69) is 15.9 Å². The molecule has 1 aliphatic carbocycles. The standard InChI is InChI=1S/C14H15BrF3NO/c1-19(10-4-2-3-5-10)13(20)9-6-7-12(15)11(8-9)14(16,17)18/h6-8,10H,2-5H2,1H3. The van der Waals surface area contributed by atoms with E-state index < -0.39 is 11.7 Å². The Bertz CT molecular complexity index is 510. The second kappa shape index (κ2) is 5.76. The second-order valence-corrected chi connectivity index (χ2v) is 5.90. The lowest BCUT2D eigenvalue weighted by Crippen LogP contribution is -2.35. The van der Waals surface area contributed by atoms with Crippen LogP contribution >= 0.6 is 15.9 Å². The topological polar surface area (TPSA) is 20.3 Å². The van der Waals surface area contributed by atoms with Gasteiger partial charge in [0.05, 0.1) is 5.56 Å². The highest BCUT2D eigenvalue weighted by molar-refractivity contribution is 9.10. The maximum Gasteiger partial charge on any atom is 0.417 e. The zero-order chi connectivity index (χ0) is 14.9. The molecule has 20 heavy (non-hydrogen) atoms. The van der Waals surface area contributed by atoms with Crippen LogP contribution in [0.1, 0.15) is 41.6 Å². The molecule has 1 aliphatic rings. The van der Waals surface area contributed by atoms with Crippen molar-refractivity contribution in [1.29, 1.82) is 0 Å². The van der Waals surface area contributed by atoms with E-state index in [0.29, 0.717) is 0 Å². The lowest BCUT2D eigenvalue weighted by molar-refractivity contribution is -0.138. The molecule has 110 valence electrons. The third kappa shape index (κ3) is 3.16. The van der Waals surface area contributed by atoms with Gasteiger partial charge in [-0.3, -0.25) is 4.79 Å². The van der Waals surface area contributed by atoms with Crippen molar-refractivity contribution in [3.63, 3.8) is 0 Å². The SMILES string of the molecule is CN(C(=O)c1ccc(Br)c(C(F)(F)F)c1)C1CCCC1. The van der Waals surface area contributed by atoms with Gasteiger partial charge in [0.2, 0.25) is 0 Å². The molecule has 0 bridgehead atoms. The van der Waals surface area contributed by atoms with Crippen molar-refractivity contribution in [2.45, 2.75) is 37.9 Å². The van der Waals surface area contributed by atoms with Crippen molar-refractivity contribution in [3.8, 4) is 0 Å². The van der Waals surface area contributed by atoms with Gasteiger partial charge in [-0.25, -0.2) is 0 Å². The minimum absolute atomic E-state index is 0.0509. The third-order valence-corrected chi connectivity index (χ3v) is 4.40. The number of rotatable bonds is 2. The van der Waals surface area contributed by atoms with Gasteiger partial charge < -0.3 is 4.90 Å². The van der Waals surface area contributed by atoms with E-state index in [1.165, 1.54) is 12.1 Å². The average molecular weight is 350 g/mol. The fraction of sp³-hybridized carbons (Fsp3) is 0.500. The summed E-state index contributed by atoms with van der Waals surface area (Å²) in [5, 5.41) is 0. The van der Waals surface area contributed by atoms with Crippen molar-refractivity contribution in [1.82, 2.24) is 4.90 Å². The number of carbonyl (C=O) groups excluding carboxylic acids is 1. The third-order valence-electron chi connectivity index (χ3n) is 3.71. The van der Waals surface area contributed by atoms with Crippen molar-refractivity contribution in [2.24, 2.45) is 0 Å². The Morgan fingerprint density at radius 3 is 2.45 bits per heavy atom. The number of hydrogen-bond donors (Lipinski definition) is 0. The number of nitrogens with zero attached hydrogens (tertiary/aromatic N) is 1. The van der Waals surface area contributed by atoms with E-state index in [1.54, 1.807) is 11.9 Å². The first-order valence-corrected chi connectivity index (χ1v) is 7.24. The van der Waals surface area contributed by atoms with Gasteiger partial charge in [-0.2, -0.15) is 13.2 Å². The normalized spacial score (nSPS) is 16.4. The van der Waals surface area contributed by atoms with Gasteiger partial charge in [-0.15, -0.1) is 0 Å². The van der Waals surface area contributed by atoms with E-state index in [9.17, 15) is 18.0 Å². The molecule has 1 fully saturated rings. The summed E-state index contributed by atoms with van der Waals surface area (Å²) in [5.41, 5.74) is -0.738. The molecular weight excluding hydrogens is 335 g/mol. The predicted octanol–water partition coefficient (Wildman–Crippen LogP) is 4.48. The van der Waals surface area contributed by atoms with E-state index in [1.807, 2.05) is 0 Å². The van der Waals surface area contributed by atoms with Gasteiger partial charge in [-0.05, 0) is 31.0 Å². The highest BCUT2D eigenvalue weighted by Gasteiger charge is 2.34. The molecule has 1 aromatic rings. The lowest BCUT2D eigenvalue weighted by atomic mass is 10.1. The van der Waals surface area contributed by atoms with E-state index in [4.69, 9.17) is 0 Å². The predicted molar refractivity (Wildman–Crippen MR) is 73.5 cm³/mol. The molecule has 0 radical (unpaired) electrons. The van der Waals surface area contributed by atoms with Crippen LogP contribution in [0, 0.1) is 0 Å². The van der Waals surface area contributed by atoms with Gasteiger partial charge in [-0.1, -0.05) is 28.8 Å². The van der Waals surface area contributed by atoms with E-state index in [0.717, 1.165) is 31.7 Å². The molecule has 1 amide bonds. The quantitative estimate of drug-likeness (QED) is 0.770. The first-order chi connectivity index (χ1) is 9.30. The Morgan fingerprint density at radius 1 is 1.30 bits per heavy atom. The van der Waals surface area contributed by atoms with Crippen LogP contribution in [0.5, 0.6) is 0 Å². The minimum atomic E-state index is -4.47. The van der Waals surface area contributed by atoms with Gasteiger partial charge in [0.25, 0.3) is 5.91 Å². The molecule has 0 heterocycles. The number of halogens is 4. The second-order valence-electron chi connectivity index (χ2n) is 5.05. The van der Waals surface area contributed by atoms with Gasteiger partial charge >= 0.3 is 6.18 Å². The van der Waals surface area contributed by atoms with Crippen LogP contribution < -0.4 is 0 Å². The Labute approximate surface area is 124 Å². The fourth-order valence-corrected chi connectivity index (χ4v) is 3.01. The van der Waals surface area contributed by atoms with Crippen LogP contribution in [0.3, 0.4) is 0 Å². The smallest absolute Gasteiger partial charge is 0.339 e. The zero-order valence-corrected chi connectivity index (χ0v) is 12.6. The number of carbonyl (C=O) groups is 1. The molecule has 0 unspecified atom stereocenters. The summed E-state index contributed by atoms with van der Waals surface area (Å²) >= 11 is 2.87. The summed E-state index contributed by atoms with van der Waals surface area (Å²) < 4.78 is 38.5. The summed E-state index contributed by atoms with van der Waals surface area (Å²) in [6.07, 6.45) is -0.496. The maximum absolute atomic E-state index is 12.8. The van der Waals surface area contributed by atoms with Crippen LogP contribution in [0.15, 0.2) is 22.7 Å². The molecule has 0 aromatic heterocycles. The van der Waals surface area contributed by atoms with Gasteiger partial charge in [0.15, 0.2) is 0 Å². The van der Waals surface area contributed by atoms with Crippen molar-refractivity contribution >= 4 is 21.8 Å². The number of benzene rings is 1. The Morgan fingerprint density at radius 2 is 1.90 bits per heavy atom. The molecule has 1 saturated carbocycles. The lowest BCUT2D eigenvalue weighted by Gasteiger charge is -2.24.